The van der Waals surface area contributed by atoms with Gasteiger partial charge in [-0.1, -0.05) is 29.3 Å². The van der Waals surface area contributed by atoms with Gasteiger partial charge in [0.25, 0.3) is 0 Å². The minimum atomic E-state index is -0.924. The van der Waals surface area contributed by atoms with Crippen LogP contribution in [0.3, 0.4) is 0 Å². The van der Waals surface area contributed by atoms with Gasteiger partial charge in [0.2, 0.25) is 0 Å². The van der Waals surface area contributed by atoms with E-state index in [1.165, 1.54) is 12.0 Å². The van der Waals surface area contributed by atoms with Crippen molar-refractivity contribution in [2.45, 2.75) is 18.4 Å². The smallest absolute Gasteiger partial charge is 0.178 e. The van der Waals surface area contributed by atoms with Crippen LogP contribution in [0.1, 0.15) is 5.56 Å². The fourth-order valence-corrected chi connectivity index (χ4v) is 6.12. The quantitative estimate of drug-likeness (QED) is 0.234. The van der Waals surface area contributed by atoms with Gasteiger partial charge in [-0.3, -0.25) is 0 Å². The average molecular weight is 635 g/mol. The molecule has 0 saturated carbocycles. The van der Waals surface area contributed by atoms with Crippen LogP contribution in [0.15, 0.2) is 85.7 Å². The molecule has 44 heavy (non-hydrogen) atoms. The van der Waals surface area contributed by atoms with E-state index in [1.807, 2.05) is 30.3 Å². The van der Waals surface area contributed by atoms with Crippen LogP contribution in [0.5, 0.6) is 5.75 Å². The lowest BCUT2D eigenvalue weighted by Crippen LogP contribution is -2.46. The minimum Gasteiger partial charge on any atom is -0.490 e. The average Bonchev–Trinajstić information content (AvgIpc) is 3.85. The maximum atomic E-state index is 6.64. The normalized spacial score (nSPS) is 20.3. The Morgan fingerprint density at radius 3 is 2.20 bits per heavy atom. The molecule has 2 unspecified atom stereocenters. The molecule has 2 aliphatic heterocycles. The molecule has 2 fully saturated rings. The van der Waals surface area contributed by atoms with Crippen LogP contribution in [0.2, 0.25) is 10.0 Å². The Kier molecular flexibility index (Phi) is 8.05. The van der Waals surface area contributed by atoms with Gasteiger partial charge in [0.1, 0.15) is 31.3 Å². The number of aromatic nitrogens is 7. The molecule has 12 nitrogen and oxygen atoms in total. The number of nitrogens with zero attached hydrogens (tertiary/aromatic N) is 9. The summed E-state index contributed by atoms with van der Waals surface area (Å²) in [5.41, 5.74) is 3.09. The van der Waals surface area contributed by atoms with Crippen LogP contribution in [0.4, 0.5) is 11.4 Å². The van der Waals surface area contributed by atoms with E-state index in [9.17, 15) is 0 Å². The van der Waals surface area contributed by atoms with E-state index in [4.69, 9.17) is 37.4 Å². The maximum Gasteiger partial charge on any atom is 0.178 e. The van der Waals surface area contributed by atoms with Gasteiger partial charge < -0.3 is 24.0 Å². The number of piperazine rings is 1. The van der Waals surface area contributed by atoms with E-state index in [1.54, 1.807) is 34.2 Å². The second kappa shape index (κ2) is 12.4. The first-order chi connectivity index (χ1) is 21.5. The fourth-order valence-electron chi connectivity index (χ4n) is 5.54. The van der Waals surface area contributed by atoms with Gasteiger partial charge >= 0.3 is 0 Å². The number of halogens is 2. The Morgan fingerprint density at radius 1 is 0.864 bits per heavy atom. The topological polar surface area (TPSA) is 108 Å². The van der Waals surface area contributed by atoms with E-state index in [0.29, 0.717) is 16.6 Å². The van der Waals surface area contributed by atoms with E-state index in [0.717, 1.165) is 48.9 Å². The van der Waals surface area contributed by atoms with Crippen LogP contribution >= 0.6 is 23.2 Å². The predicted molar refractivity (Wildman–Crippen MR) is 165 cm³/mol. The van der Waals surface area contributed by atoms with Crippen molar-refractivity contribution in [3.8, 4) is 11.4 Å². The third kappa shape index (κ3) is 6.06. The zero-order valence-electron chi connectivity index (χ0n) is 23.6. The highest BCUT2D eigenvalue weighted by atomic mass is 35.5. The third-order valence-corrected chi connectivity index (χ3v) is 8.41. The van der Waals surface area contributed by atoms with E-state index in [2.05, 4.69) is 59.7 Å². The van der Waals surface area contributed by atoms with Gasteiger partial charge in [-0.25, -0.2) is 14.3 Å². The Bertz CT molecular complexity index is 1660. The number of ether oxygens (including phenoxy) is 3. The van der Waals surface area contributed by atoms with Gasteiger partial charge in [-0.2, -0.15) is 5.10 Å². The van der Waals surface area contributed by atoms with Crippen molar-refractivity contribution >= 4 is 34.6 Å². The standard InChI is InChI=1S/C30H29Cl2N9O3/c31-22-1-10-27(28(32)15-22)30(18-43-29(44-30)16-40-20-33-19-35-40)17-42-26-8-6-24(7-9-26)39-13-11-38(12-14-39)23-2-4-25(5-3-23)41-21-34-36-37-41/h1-10,15,19-21,29H,11-14,16-18H2. The molecule has 7 rings (SSSR count). The Hall–Kier alpha value is -4.23. The summed E-state index contributed by atoms with van der Waals surface area (Å²) in [5, 5.41) is 16.5. The first kappa shape index (κ1) is 28.5. The zero-order valence-corrected chi connectivity index (χ0v) is 25.1. The van der Waals surface area contributed by atoms with Gasteiger partial charge in [-0.05, 0) is 71.1 Å². The number of anilines is 2. The summed E-state index contributed by atoms with van der Waals surface area (Å²) in [6, 6.07) is 21.8. The van der Waals surface area contributed by atoms with E-state index >= 15 is 0 Å². The van der Waals surface area contributed by atoms with Crippen molar-refractivity contribution in [2.24, 2.45) is 0 Å². The summed E-state index contributed by atoms with van der Waals surface area (Å²) in [6.45, 7) is 4.50. The molecule has 2 atom stereocenters. The minimum absolute atomic E-state index is 0.201. The van der Waals surface area contributed by atoms with Gasteiger partial charge in [-0.15, -0.1) is 5.10 Å². The summed E-state index contributed by atoms with van der Waals surface area (Å²) in [6.07, 6.45) is 4.14. The second-order valence-corrected chi connectivity index (χ2v) is 11.5. The first-order valence-electron chi connectivity index (χ1n) is 14.2. The highest BCUT2D eigenvalue weighted by Crippen LogP contribution is 2.39. The molecular weight excluding hydrogens is 605 g/mol. The molecule has 0 amide bonds. The molecule has 0 bridgehead atoms. The summed E-state index contributed by atoms with van der Waals surface area (Å²) in [7, 11) is 0. The molecule has 4 heterocycles. The largest absolute Gasteiger partial charge is 0.490 e. The third-order valence-electron chi connectivity index (χ3n) is 7.87. The molecule has 226 valence electrons. The van der Waals surface area contributed by atoms with Crippen LogP contribution < -0.4 is 14.5 Å². The number of tetrazole rings is 1. The van der Waals surface area contributed by atoms with Crippen LogP contribution in [0.25, 0.3) is 5.69 Å². The summed E-state index contributed by atoms with van der Waals surface area (Å²) in [4.78, 5) is 8.77. The summed E-state index contributed by atoms with van der Waals surface area (Å²) in [5.74, 6) is 0.725. The molecular formula is C30H29Cl2N9O3. The van der Waals surface area contributed by atoms with E-state index < -0.39 is 11.9 Å². The molecule has 5 aromatic rings. The highest BCUT2D eigenvalue weighted by molar-refractivity contribution is 6.35. The van der Waals surface area contributed by atoms with Crippen LogP contribution in [-0.4, -0.2) is 80.7 Å². The Balaban J connectivity index is 0.981. The number of rotatable bonds is 9. The van der Waals surface area contributed by atoms with Crippen molar-refractivity contribution < 1.29 is 14.2 Å². The number of hydrogen-bond donors (Lipinski definition) is 0. The van der Waals surface area contributed by atoms with Gasteiger partial charge in [0.15, 0.2) is 11.9 Å². The fraction of sp³-hybridized carbons (Fsp3) is 0.300. The predicted octanol–water partition coefficient (Wildman–Crippen LogP) is 4.23. The SMILES string of the molecule is Clc1ccc(C2(COc3ccc(N4CCN(c5ccc(-n6cnnn6)cc5)CC4)cc3)COC(Cn3cncn3)O2)c(Cl)c1. The summed E-state index contributed by atoms with van der Waals surface area (Å²) >= 11 is 12.8. The van der Waals surface area contributed by atoms with Crippen molar-refractivity contribution in [3.05, 3.63) is 101 Å². The first-order valence-corrected chi connectivity index (χ1v) is 14.9. The Morgan fingerprint density at radius 2 is 1.57 bits per heavy atom. The lowest BCUT2D eigenvalue weighted by Gasteiger charge is -2.37. The van der Waals surface area contributed by atoms with E-state index in [-0.39, 0.29) is 13.2 Å². The molecule has 3 aromatic carbocycles. The second-order valence-electron chi connectivity index (χ2n) is 10.6. The van der Waals surface area contributed by atoms with Crippen molar-refractivity contribution in [1.82, 2.24) is 35.0 Å². The van der Waals surface area contributed by atoms with Crippen LogP contribution in [-0.2, 0) is 21.6 Å². The monoisotopic (exact) mass is 633 g/mol. The lowest BCUT2D eigenvalue weighted by molar-refractivity contribution is -0.113. The summed E-state index contributed by atoms with van der Waals surface area (Å²) < 4.78 is 22.1. The zero-order chi connectivity index (χ0) is 29.9. The van der Waals surface area contributed by atoms with Crippen LogP contribution in [0, 0.1) is 0 Å². The molecule has 14 heteroatoms. The molecule has 0 aliphatic carbocycles. The number of benzene rings is 3. The number of hydrogen-bond acceptors (Lipinski definition) is 10. The van der Waals surface area contributed by atoms with Crippen molar-refractivity contribution in [3.63, 3.8) is 0 Å². The van der Waals surface area contributed by atoms with Crippen molar-refractivity contribution in [1.29, 1.82) is 0 Å². The Labute approximate surface area is 263 Å². The molecule has 0 N–H and O–H groups in total. The highest BCUT2D eigenvalue weighted by Gasteiger charge is 2.45. The molecule has 2 aliphatic rings. The molecule has 2 saturated heterocycles. The van der Waals surface area contributed by atoms with Crippen molar-refractivity contribution in [2.75, 3.05) is 49.2 Å². The lowest BCUT2D eigenvalue weighted by atomic mass is 9.95. The molecule has 0 radical (unpaired) electrons. The molecule has 0 spiro atoms. The maximum absolute atomic E-state index is 6.64. The van der Waals surface area contributed by atoms with Gasteiger partial charge in [0, 0.05) is 53.2 Å². The van der Waals surface area contributed by atoms with Gasteiger partial charge in [0.05, 0.1) is 18.8 Å². The molecule has 2 aromatic heterocycles.